The second-order valence-electron chi connectivity index (χ2n) is 4.18. The minimum absolute atomic E-state index is 0.225. The number of carboxylic acids is 1. The van der Waals surface area contributed by atoms with Gasteiger partial charge in [-0.25, -0.2) is 9.59 Å². The molecule has 5 nitrogen and oxygen atoms in total. The minimum Gasteiger partial charge on any atom is -0.478 e. The van der Waals surface area contributed by atoms with Crippen LogP contribution in [0, 0.1) is 0 Å². The van der Waals surface area contributed by atoms with Gasteiger partial charge in [-0.05, 0) is 29.8 Å². The highest BCUT2D eigenvalue weighted by atomic mass is 16.4. The number of carbonyl (C=O) groups excluding carboxylic acids is 1. The zero-order valence-electron chi connectivity index (χ0n) is 10.7. The summed E-state index contributed by atoms with van der Waals surface area (Å²) < 4.78 is 0. The highest BCUT2D eigenvalue weighted by Gasteiger charge is 2.03. The largest absolute Gasteiger partial charge is 0.478 e. The van der Waals surface area contributed by atoms with Crippen LogP contribution >= 0.6 is 0 Å². The molecule has 20 heavy (non-hydrogen) atoms. The molecule has 0 bridgehead atoms. The fraction of sp³-hybridized carbons (Fsp3) is 0.0667. The highest BCUT2D eigenvalue weighted by Crippen LogP contribution is 2.06. The van der Waals surface area contributed by atoms with Crippen LogP contribution in [0.2, 0.25) is 0 Å². The Balaban J connectivity index is 1.85. The van der Waals surface area contributed by atoms with Crippen molar-refractivity contribution < 1.29 is 14.7 Å². The lowest BCUT2D eigenvalue weighted by molar-refractivity contribution is 0.0697. The first-order valence-corrected chi connectivity index (χ1v) is 6.07. The maximum absolute atomic E-state index is 11.6. The average Bonchev–Trinajstić information content (AvgIpc) is 2.46. The molecular formula is C15H14N2O3. The van der Waals surface area contributed by atoms with Crippen LogP contribution in [0.25, 0.3) is 0 Å². The molecule has 0 aromatic heterocycles. The number of benzene rings is 2. The fourth-order valence-corrected chi connectivity index (χ4v) is 1.64. The molecule has 5 heteroatoms. The number of carboxylic acid groups (broad SMARTS) is 1. The van der Waals surface area contributed by atoms with Crippen molar-refractivity contribution in [3.05, 3.63) is 65.7 Å². The molecule has 0 saturated carbocycles. The van der Waals surface area contributed by atoms with Gasteiger partial charge >= 0.3 is 12.0 Å². The summed E-state index contributed by atoms with van der Waals surface area (Å²) in [5.41, 5.74) is 1.77. The summed E-state index contributed by atoms with van der Waals surface area (Å²) in [5, 5.41) is 14.2. The van der Waals surface area contributed by atoms with Gasteiger partial charge in [0.2, 0.25) is 0 Å². The minimum atomic E-state index is -0.966. The summed E-state index contributed by atoms with van der Waals surface area (Å²) in [4.78, 5) is 22.3. The van der Waals surface area contributed by atoms with Crippen molar-refractivity contribution in [2.45, 2.75) is 6.54 Å². The number of urea groups is 1. The highest BCUT2D eigenvalue weighted by molar-refractivity contribution is 5.89. The van der Waals surface area contributed by atoms with E-state index in [2.05, 4.69) is 10.6 Å². The Bertz CT molecular complexity index is 594. The zero-order chi connectivity index (χ0) is 14.4. The predicted octanol–water partition coefficient (Wildman–Crippen LogP) is 2.71. The lowest BCUT2D eigenvalue weighted by Crippen LogP contribution is -2.28. The van der Waals surface area contributed by atoms with Gasteiger partial charge in [0.15, 0.2) is 0 Å². The number of hydrogen-bond donors (Lipinski definition) is 3. The molecule has 0 saturated heterocycles. The Morgan fingerprint density at radius 2 is 1.60 bits per heavy atom. The number of hydrogen-bond acceptors (Lipinski definition) is 2. The molecule has 0 unspecified atom stereocenters. The zero-order valence-corrected chi connectivity index (χ0v) is 10.7. The van der Waals surface area contributed by atoms with Gasteiger partial charge in [-0.15, -0.1) is 0 Å². The third-order valence-electron chi connectivity index (χ3n) is 2.69. The molecule has 0 aliphatic heterocycles. The standard InChI is InChI=1S/C15H14N2O3/c18-14(19)12-8-6-11(7-9-12)10-16-15(20)17-13-4-2-1-3-5-13/h1-9H,10H2,(H,18,19)(H2,16,17,20). The molecule has 2 aromatic carbocycles. The monoisotopic (exact) mass is 270 g/mol. The van der Waals surface area contributed by atoms with E-state index in [9.17, 15) is 9.59 Å². The summed E-state index contributed by atoms with van der Waals surface area (Å²) >= 11 is 0. The molecular weight excluding hydrogens is 256 g/mol. The molecule has 2 amide bonds. The predicted molar refractivity (Wildman–Crippen MR) is 75.7 cm³/mol. The van der Waals surface area contributed by atoms with Crippen molar-refractivity contribution in [1.29, 1.82) is 0 Å². The number of anilines is 1. The van der Waals surface area contributed by atoms with Crippen LogP contribution in [0.15, 0.2) is 54.6 Å². The number of amides is 2. The number of carbonyl (C=O) groups is 2. The van der Waals surface area contributed by atoms with Crippen LogP contribution in [0.3, 0.4) is 0 Å². The van der Waals surface area contributed by atoms with E-state index in [-0.39, 0.29) is 11.6 Å². The smallest absolute Gasteiger partial charge is 0.335 e. The molecule has 0 heterocycles. The molecule has 0 fully saturated rings. The lowest BCUT2D eigenvalue weighted by atomic mass is 10.1. The van der Waals surface area contributed by atoms with E-state index in [1.165, 1.54) is 12.1 Å². The van der Waals surface area contributed by atoms with Gasteiger partial charge in [0.25, 0.3) is 0 Å². The molecule has 0 aliphatic rings. The third kappa shape index (κ3) is 3.84. The van der Waals surface area contributed by atoms with Crippen LogP contribution in [0.1, 0.15) is 15.9 Å². The topological polar surface area (TPSA) is 78.4 Å². The Labute approximate surface area is 116 Å². The van der Waals surface area contributed by atoms with E-state index in [4.69, 9.17) is 5.11 Å². The van der Waals surface area contributed by atoms with E-state index in [0.29, 0.717) is 12.2 Å². The maximum Gasteiger partial charge on any atom is 0.335 e. The summed E-state index contributed by atoms with van der Waals surface area (Å²) in [6.45, 7) is 0.332. The van der Waals surface area contributed by atoms with Crippen molar-refractivity contribution in [2.24, 2.45) is 0 Å². The van der Waals surface area contributed by atoms with E-state index in [1.807, 2.05) is 18.2 Å². The van der Waals surface area contributed by atoms with E-state index in [1.54, 1.807) is 24.3 Å². The van der Waals surface area contributed by atoms with Crippen molar-refractivity contribution in [2.75, 3.05) is 5.32 Å². The summed E-state index contributed by atoms with van der Waals surface area (Å²) in [6, 6.07) is 15.2. The Kier molecular flexibility index (Phi) is 4.34. The summed E-state index contributed by atoms with van der Waals surface area (Å²) in [7, 11) is 0. The van der Waals surface area contributed by atoms with Crippen LogP contribution in [0.5, 0.6) is 0 Å². The molecule has 2 aromatic rings. The third-order valence-corrected chi connectivity index (χ3v) is 2.69. The number of aromatic carboxylic acids is 1. The first kappa shape index (κ1) is 13.6. The van der Waals surface area contributed by atoms with E-state index >= 15 is 0 Å². The molecule has 2 rings (SSSR count). The number of nitrogens with one attached hydrogen (secondary N) is 2. The Morgan fingerprint density at radius 3 is 2.20 bits per heavy atom. The van der Waals surface area contributed by atoms with Gasteiger partial charge in [0.1, 0.15) is 0 Å². The van der Waals surface area contributed by atoms with Crippen molar-refractivity contribution >= 4 is 17.7 Å². The van der Waals surface area contributed by atoms with E-state index < -0.39 is 5.97 Å². The van der Waals surface area contributed by atoms with Crippen molar-refractivity contribution in [3.63, 3.8) is 0 Å². The SMILES string of the molecule is O=C(NCc1ccc(C(=O)O)cc1)Nc1ccccc1. The van der Waals surface area contributed by atoms with E-state index in [0.717, 1.165) is 5.56 Å². The average molecular weight is 270 g/mol. The second-order valence-corrected chi connectivity index (χ2v) is 4.18. The van der Waals surface area contributed by atoms with Gasteiger partial charge in [0.05, 0.1) is 5.56 Å². The maximum atomic E-state index is 11.6. The quantitative estimate of drug-likeness (QED) is 0.799. The van der Waals surface area contributed by atoms with Gasteiger partial charge in [0, 0.05) is 12.2 Å². The first-order valence-electron chi connectivity index (χ1n) is 6.07. The Hall–Kier alpha value is -2.82. The molecule has 102 valence electrons. The van der Waals surface area contributed by atoms with Crippen LogP contribution < -0.4 is 10.6 Å². The Morgan fingerprint density at radius 1 is 0.950 bits per heavy atom. The van der Waals surface area contributed by atoms with Gasteiger partial charge in [-0.2, -0.15) is 0 Å². The fourth-order valence-electron chi connectivity index (χ4n) is 1.64. The summed E-state index contributed by atoms with van der Waals surface area (Å²) in [5.74, 6) is -0.966. The molecule has 3 N–H and O–H groups in total. The normalized spacial score (nSPS) is 9.80. The van der Waals surface area contributed by atoms with Crippen molar-refractivity contribution in [3.8, 4) is 0 Å². The van der Waals surface area contributed by atoms with Crippen molar-refractivity contribution in [1.82, 2.24) is 5.32 Å². The van der Waals surface area contributed by atoms with Crippen LogP contribution in [-0.2, 0) is 6.54 Å². The number of rotatable bonds is 4. The molecule has 0 aliphatic carbocycles. The van der Waals surface area contributed by atoms with Gasteiger partial charge in [-0.3, -0.25) is 0 Å². The van der Waals surface area contributed by atoms with Crippen LogP contribution in [0.4, 0.5) is 10.5 Å². The second kappa shape index (κ2) is 6.38. The number of para-hydroxylation sites is 1. The van der Waals surface area contributed by atoms with Gasteiger partial charge in [-0.1, -0.05) is 30.3 Å². The van der Waals surface area contributed by atoms with Crippen LogP contribution in [-0.4, -0.2) is 17.1 Å². The van der Waals surface area contributed by atoms with Gasteiger partial charge < -0.3 is 15.7 Å². The lowest BCUT2D eigenvalue weighted by Gasteiger charge is -2.07. The summed E-state index contributed by atoms with van der Waals surface area (Å²) in [6.07, 6.45) is 0. The molecule has 0 atom stereocenters. The molecule has 0 radical (unpaired) electrons. The molecule has 0 spiro atoms. The first-order chi connectivity index (χ1) is 9.65.